The standard InChI is InChI=1S/C14H18N2O3S/c17-13-4-3-12(14(18)15-5-8-20-9-6-15)16(13)10-11-2-1-7-19-11/h1-2,7,12H,3-6,8-10H2/t12-/m1/s1. The number of carbonyl (C=O) groups is 2. The summed E-state index contributed by atoms with van der Waals surface area (Å²) in [6.07, 6.45) is 2.68. The highest BCUT2D eigenvalue weighted by Gasteiger charge is 2.38. The molecule has 2 aliphatic heterocycles. The van der Waals surface area contributed by atoms with Crippen LogP contribution in [-0.4, -0.2) is 52.3 Å². The zero-order chi connectivity index (χ0) is 13.9. The second-order valence-corrected chi connectivity index (χ2v) is 6.32. The fraction of sp³-hybridized carbons (Fsp3) is 0.571. The Hall–Kier alpha value is -1.43. The molecule has 0 aromatic carbocycles. The summed E-state index contributed by atoms with van der Waals surface area (Å²) in [6.45, 7) is 1.98. The molecule has 0 N–H and O–H groups in total. The molecular formula is C14H18N2O3S. The highest BCUT2D eigenvalue weighted by molar-refractivity contribution is 7.99. The SMILES string of the molecule is O=C([C@H]1CCC(=O)N1Cc1ccco1)N1CCSCC1. The monoisotopic (exact) mass is 294 g/mol. The van der Waals surface area contributed by atoms with Gasteiger partial charge in [0.15, 0.2) is 0 Å². The maximum absolute atomic E-state index is 12.6. The van der Waals surface area contributed by atoms with Gasteiger partial charge in [-0.3, -0.25) is 9.59 Å². The van der Waals surface area contributed by atoms with Crippen LogP contribution in [0.25, 0.3) is 0 Å². The van der Waals surface area contributed by atoms with Crippen molar-refractivity contribution in [3.63, 3.8) is 0 Å². The predicted molar refractivity (Wildman–Crippen MR) is 76.2 cm³/mol. The molecule has 20 heavy (non-hydrogen) atoms. The van der Waals surface area contributed by atoms with E-state index in [0.29, 0.717) is 19.4 Å². The lowest BCUT2D eigenvalue weighted by atomic mass is 10.2. The first-order valence-corrected chi connectivity index (χ1v) is 8.09. The molecule has 0 radical (unpaired) electrons. The zero-order valence-electron chi connectivity index (χ0n) is 11.3. The van der Waals surface area contributed by atoms with Crippen LogP contribution in [-0.2, 0) is 16.1 Å². The fourth-order valence-corrected chi connectivity index (χ4v) is 3.66. The van der Waals surface area contributed by atoms with E-state index in [1.54, 1.807) is 17.2 Å². The average Bonchev–Trinajstić information content (AvgIpc) is 3.11. The molecule has 3 heterocycles. The van der Waals surface area contributed by atoms with Gasteiger partial charge in [0.05, 0.1) is 12.8 Å². The number of hydrogen-bond donors (Lipinski definition) is 0. The van der Waals surface area contributed by atoms with E-state index in [2.05, 4.69) is 0 Å². The molecule has 0 spiro atoms. The largest absolute Gasteiger partial charge is 0.467 e. The van der Waals surface area contributed by atoms with Crippen molar-refractivity contribution in [3.05, 3.63) is 24.2 Å². The number of carbonyl (C=O) groups excluding carboxylic acids is 2. The fourth-order valence-electron chi connectivity index (χ4n) is 2.75. The van der Waals surface area contributed by atoms with E-state index < -0.39 is 0 Å². The molecule has 2 aliphatic rings. The van der Waals surface area contributed by atoms with E-state index in [-0.39, 0.29) is 17.9 Å². The smallest absolute Gasteiger partial charge is 0.245 e. The van der Waals surface area contributed by atoms with Crippen molar-refractivity contribution in [1.29, 1.82) is 0 Å². The van der Waals surface area contributed by atoms with Gasteiger partial charge in [-0.05, 0) is 18.6 Å². The van der Waals surface area contributed by atoms with Crippen LogP contribution in [0.3, 0.4) is 0 Å². The summed E-state index contributed by atoms with van der Waals surface area (Å²) >= 11 is 1.87. The quantitative estimate of drug-likeness (QED) is 0.844. The van der Waals surface area contributed by atoms with Gasteiger partial charge < -0.3 is 14.2 Å². The molecule has 1 aromatic heterocycles. The normalized spacial score (nSPS) is 23.4. The number of hydrogen-bond acceptors (Lipinski definition) is 4. The van der Waals surface area contributed by atoms with E-state index in [9.17, 15) is 9.59 Å². The molecule has 3 rings (SSSR count). The predicted octanol–water partition coefficient (Wildman–Crippen LogP) is 1.35. The summed E-state index contributed by atoms with van der Waals surface area (Å²) in [5.74, 6) is 2.86. The molecule has 0 aliphatic carbocycles. The van der Waals surface area contributed by atoms with Crippen molar-refractivity contribution in [3.8, 4) is 0 Å². The lowest BCUT2D eigenvalue weighted by Crippen LogP contribution is -2.49. The van der Waals surface area contributed by atoms with Crippen LogP contribution < -0.4 is 0 Å². The Labute approximate surface area is 122 Å². The van der Waals surface area contributed by atoms with Gasteiger partial charge in [-0.25, -0.2) is 0 Å². The van der Waals surface area contributed by atoms with Crippen LogP contribution in [0, 0.1) is 0 Å². The third-order valence-electron chi connectivity index (χ3n) is 3.84. The summed E-state index contributed by atoms with van der Waals surface area (Å²) in [7, 11) is 0. The van der Waals surface area contributed by atoms with Gasteiger partial charge >= 0.3 is 0 Å². The number of amides is 2. The van der Waals surface area contributed by atoms with Gasteiger partial charge in [0, 0.05) is 31.0 Å². The third kappa shape index (κ3) is 2.70. The number of thioether (sulfide) groups is 1. The molecule has 2 amide bonds. The Balaban J connectivity index is 1.70. The van der Waals surface area contributed by atoms with Crippen LogP contribution in [0.2, 0.25) is 0 Å². The first kappa shape index (κ1) is 13.5. The molecule has 5 nitrogen and oxygen atoms in total. The summed E-state index contributed by atoms with van der Waals surface area (Å²) in [4.78, 5) is 28.2. The van der Waals surface area contributed by atoms with E-state index in [1.807, 2.05) is 22.7 Å². The topological polar surface area (TPSA) is 53.8 Å². The number of likely N-dealkylation sites (tertiary alicyclic amines) is 1. The summed E-state index contributed by atoms with van der Waals surface area (Å²) < 4.78 is 5.30. The third-order valence-corrected chi connectivity index (χ3v) is 4.78. The average molecular weight is 294 g/mol. The molecule has 108 valence electrons. The number of rotatable bonds is 3. The Morgan fingerprint density at radius 3 is 2.90 bits per heavy atom. The maximum Gasteiger partial charge on any atom is 0.245 e. The second-order valence-electron chi connectivity index (χ2n) is 5.09. The molecule has 6 heteroatoms. The van der Waals surface area contributed by atoms with Crippen molar-refractivity contribution < 1.29 is 14.0 Å². The van der Waals surface area contributed by atoms with E-state index >= 15 is 0 Å². The minimum atomic E-state index is -0.310. The van der Waals surface area contributed by atoms with E-state index in [1.165, 1.54) is 0 Å². The first-order valence-electron chi connectivity index (χ1n) is 6.94. The summed E-state index contributed by atoms with van der Waals surface area (Å²) in [5, 5.41) is 0. The van der Waals surface area contributed by atoms with Gasteiger partial charge in [-0.1, -0.05) is 0 Å². The lowest BCUT2D eigenvalue weighted by molar-refractivity contribution is -0.141. The van der Waals surface area contributed by atoms with Crippen LogP contribution in [0.15, 0.2) is 22.8 Å². The van der Waals surface area contributed by atoms with Gasteiger partial charge in [-0.2, -0.15) is 11.8 Å². The molecule has 0 bridgehead atoms. The number of nitrogens with zero attached hydrogens (tertiary/aromatic N) is 2. The van der Waals surface area contributed by atoms with Crippen LogP contribution in [0.5, 0.6) is 0 Å². The molecule has 0 saturated carbocycles. The maximum atomic E-state index is 12.6. The highest BCUT2D eigenvalue weighted by Crippen LogP contribution is 2.24. The summed E-state index contributed by atoms with van der Waals surface area (Å²) in [6, 6.07) is 3.33. The zero-order valence-corrected chi connectivity index (χ0v) is 12.1. The Bertz CT molecular complexity index is 483. The molecule has 0 unspecified atom stereocenters. The van der Waals surface area contributed by atoms with Gasteiger partial charge in [0.1, 0.15) is 11.8 Å². The van der Waals surface area contributed by atoms with Crippen molar-refractivity contribution >= 4 is 23.6 Å². The first-order chi connectivity index (χ1) is 9.75. The second kappa shape index (κ2) is 5.91. The van der Waals surface area contributed by atoms with Crippen LogP contribution >= 0.6 is 11.8 Å². The van der Waals surface area contributed by atoms with Crippen molar-refractivity contribution in [2.45, 2.75) is 25.4 Å². The number of furan rings is 1. The van der Waals surface area contributed by atoms with Crippen molar-refractivity contribution in [2.75, 3.05) is 24.6 Å². The van der Waals surface area contributed by atoms with Crippen molar-refractivity contribution in [1.82, 2.24) is 9.80 Å². The molecule has 1 aromatic rings. The van der Waals surface area contributed by atoms with Crippen LogP contribution in [0.4, 0.5) is 0 Å². The minimum Gasteiger partial charge on any atom is -0.467 e. The van der Waals surface area contributed by atoms with Crippen molar-refractivity contribution in [2.24, 2.45) is 0 Å². The van der Waals surface area contributed by atoms with E-state index in [4.69, 9.17) is 4.42 Å². The van der Waals surface area contributed by atoms with Crippen LogP contribution in [0.1, 0.15) is 18.6 Å². The molecular weight excluding hydrogens is 276 g/mol. The highest BCUT2D eigenvalue weighted by atomic mass is 32.2. The van der Waals surface area contributed by atoms with E-state index in [0.717, 1.165) is 30.4 Å². The lowest BCUT2D eigenvalue weighted by Gasteiger charge is -2.32. The summed E-state index contributed by atoms with van der Waals surface area (Å²) in [5.41, 5.74) is 0. The molecule has 2 fully saturated rings. The molecule has 1 atom stereocenters. The minimum absolute atomic E-state index is 0.0473. The van der Waals surface area contributed by atoms with Gasteiger partial charge in [-0.15, -0.1) is 0 Å². The Morgan fingerprint density at radius 2 is 2.20 bits per heavy atom. The Morgan fingerprint density at radius 1 is 1.40 bits per heavy atom. The molecule has 2 saturated heterocycles. The van der Waals surface area contributed by atoms with Gasteiger partial charge in [0.25, 0.3) is 0 Å². The van der Waals surface area contributed by atoms with Gasteiger partial charge in [0.2, 0.25) is 11.8 Å². The Kier molecular flexibility index (Phi) is 4.00.